The van der Waals surface area contributed by atoms with Crippen molar-refractivity contribution in [1.29, 1.82) is 0 Å². The van der Waals surface area contributed by atoms with Crippen LogP contribution in [0.25, 0.3) is 10.9 Å². The first-order valence-corrected chi connectivity index (χ1v) is 12.6. The SMILES string of the molecule is CCc1cc(COc2ccc(C3(CC(N)=O)CN(C(=O)C(CC)CC)C3)cc2)c2ccccc2n1. The van der Waals surface area contributed by atoms with E-state index >= 15 is 0 Å². The highest BCUT2D eigenvalue weighted by Gasteiger charge is 2.48. The predicted octanol–water partition coefficient (Wildman–Crippen LogP) is 4.77. The van der Waals surface area contributed by atoms with Gasteiger partial charge < -0.3 is 15.4 Å². The fourth-order valence-electron chi connectivity index (χ4n) is 5.14. The molecule has 0 radical (unpaired) electrons. The van der Waals surface area contributed by atoms with Gasteiger partial charge in [0.15, 0.2) is 0 Å². The second-order valence-electron chi connectivity index (χ2n) is 9.59. The van der Waals surface area contributed by atoms with E-state index in [1.807, 2.05) is 61.2 Å². The summed E-state index contributed by atoms with van der Waals surface area (Å²) in [5.74, 6) is 0.614. The van der Waals surface area contributed by atoms with E-state index < -0.39 is 5.41 Å². The fourth-order valence-corrected chi connectivity index (χ4v) is 5.14. The minimum Gasteiger partial charge on any atom is -0.489 e. The quantitative estimate of drug-likeness (QED) is 0.460. The van der Waals surface area contributed by atoms with Gasteiger partial charge in [-0.05, 0) is 49.1 Å². The first kappa shape index (κ1) is 24.7. The number of fused-ring (bicyclic) bond motifs is 1. The van der Waals surface area contributed by atoms with Crippen LogP contribution in [0.1, 0.15) is 56.9 Å². The van der Waals surface area contributed by atoms with Crippen molar-refractivity contribution in [1.82, 2.24) is 9.88 Å². The van der Waals surface area contributed by atoms with E-state index in [2.05, 4.69) is 19.1 Å². The maximum Gasteiger partial charge on any atom is 0.225 e. The van der Waals surface area contributed by atoms with E-state index in [1.165, 1.54) is 0 Å². The number of pyridine rings is 1. The van der Waals surface area contributed by atoms with E-state index in [1.54, 1.807) is 0 Å². The van der Waals surface area contributed by atoms with Gasteiger partial charge in [-0.1, -0.05) is 51.1 Å². The standard InChI is InChI=1S/C29H35N3O3/c1-4-20(5-2)28(34)32-18-29(19-32,16-27(30)33)22-11-13-24(14-12-22)35-17-21-15-23(6-3)31-26-10-8-7-9-25(21)26/h7-15,20H,4-6,16-19H2,1-3H3,(H2,30,33). The van der Waals surface area contributed by atoms with Crippen molar-refractivity contribution in [2.24, 2.45) is 11.7 Å². The number of hydrogen-bond donors (Lipinski definition) is 1. The van der Waals surface area contributed by atoms with Crippen molar-refractivity contribution in [3.05, 3.63) is 71.4 Å². The van der Waals surface area contributed by atoms with Gasteiger partial charge in [0, 0.05) is 47.5 Å². The van der Waals surface area contributed by atoms with Crippen LogP contribution in [0.2, 0.25) is 0 Å². The van der Waals surface area contributed by atoms with E-state index in [0.717, 1.165) is 52.7 Å². The Morgan fingerprint density at radius 3 is 2.37 bits per heavy atom. The number of aryl methyl sites for hydroxylation is 1. The summed E-state index contributed by atoms with van der Waals surface area (Å²) in [7, 11) is 0. The summed E-state index contributed by atoms with van der Waals surface area (Å²) in [5, 5.41) is 1.10. The molecule has 1 saturated heterocycles. The molecule has 2 aromatic carbocycles. The van der Waals surface area contributed by atoms with E-state index in [0.29, 0.717) is 19.7 Å². The molecule has 1 aliphatic rings. The van der Waals surface area contributed by atoms with Crippen molar-refractivity contribution in [3.8, 4) is 5.75 Å². The molecule has 2 amide bonds. The van der Waals surface area contributed by atoms with Crippen molar-refractivity contribution >= 4 is 22.7 Å². The maximum atomic E-state index is 12.8. The van der Waals surface area contributed by atoms with Crippen LogP contribution in [-0.2, 0) is 28.0 Å². The van der Waals surface area contributed by atoms with E-state index in [-0.39, 0.29) is 24.2 Å². The van der Waals surface area contributed by atoms with Crippen molar-refractivity contribution < 1.29 is 14.3 Å². The monoisotopic (exact) mass is 473 g/mol. The molecule has 2 N–H and O–H groups in total. The number of nitrogens with zero attached hydrogens (tertiary/aromatic N) is 2. The van der Waals surface area contributed by atoms with Gasteiger partial charge in [0.1, 0.15) is 12.4 Å². The smallest absolute Gasteiger partial charge is 0.225 e. The number of para-hydroxylation sites is 1. The summed E-state index contributed by atoms with van der Waals surface area (Å²) in [5.41, 5.74) is 9.32. The molecule has 1 aliphatic heterocycles. The number of likely N-dealkylation sites (tertiary alicyclic amines) is 1. The number of nitrogens with two attached hydrogens (primary N) is 1. The lowest BCUT2D eigenvalue weighted by molar-refractivity contribution is -0.145. The summed E-state index contributed by atoms with van der Waals surface area (Å²) >= 11 is 0. The third-order valence-electron chi connectivity index (χ3n) is 7.22. The summed E-state index contributed by atoms with van der Waals surface area (Å²) in [6.45, 7) is 7.67. The molecule has 184 valence electrons. The Morgan fingerprint density at radius 2 is 1.74 bits per heavy atom. The number of ether oxygens (including phenoxy) is 1. The zero-order valence-electron chi connectivity index (χ0n) is 20.9. The van der Waals surface area contributed by atoms with E-state index in [9.17, 15) is 9.59 Å². The highest BCUT2D eigenvalue weighted by molar-refractivity contribution is 5.83. The van der Waals surface area contributed by atoms with Gasteiger partial charge in [0.05, 0.1) is 5.52 Å². The molecule has 1 aromatic heterocycles. The van der Waals surface area contributed by atoms with Gasteiger partial charge >= 0.3 is 0 Å². The first-order chi connectivity index (χ1) is 16.9. The molecule has 3 aromatic rings. The highest BCUT2D eigenvalue weighted by Crippen LogP contribution is 2.39. The summed E-state index contributed by atoms with van der Waals surface area (Å²) in [6, 6.07) is 18.1. The predicted molar refractivity (Wildman–Crippen MR) is 138 cm³/mol. The van der Waals surface area contributed by atoms with Gasteiger partial charge in [-0.25, -0.2) is 0 Å². The minimum atomic E-state index is -0.427. The third kappa shape index (κ3) is 5.16. The second kappa shape index (κ2) is 10.5. The topological polar surface area (TPSA) is 85.5 Å². The molecule has 2 heterocycles. The van der Waals surface area contributed by atoms with Crippen LogP contribution in [0, 0.1) is 5.92 Å². The van der Waals surface area contributed by atoms with Crippen LogP contribution >= 0.6 is 0 Å². The summed E-state index contributed by atoms with van der Waals surface area (Å²) in [6.07, 6.45) is 2.74. The van der Waals surface area contributed by atoms with E-state index in [4.69, 9.17) is 15.5 Å². The van der Waals surface area contributed by atoms with Crippen LogP contribution < -0.4 is 10.5 Å². The molecule has 1 fully saturated rings. The molecular weight excluding hydrogens is 438 g/mol. The molecule has 0 bridgehead atoms. The van der Waals surface area contributed by atoms with Gasteiger partial charge in [-0.3, -0.25) is 14.6 Å². The van der Waals surface area contributed by atoms with Crippen LogP contribution in [0.4, 0.5) is 0 Å². The van der Waals surface area contributed by atoms with Crippen LogP contribution in [0.5, 0.6) is 5.75 Å². The Balaban J connectivity index is 1.48. The number of rotatable bonds is 10. The molecule has 0 spiro atoms. The zero-order chi connectivity index (χ0) is 25.0. The number of aromatic nitrogens is 1. The summed E-state index contributed by atoms with van der Waals surface area (Å²) < 4.78 is 6.14. The van der Waals surface area contributed by atoms with Crippen molar-refractivity contribution in [2.75, 3.05) is 13.1 Å². The normalized spacial score (nSPS) is 14.7. The molecule has 6 nitrogen and oxygen atoms in total. The maximum absolute atomic E-state index is 12.8. The van der Waals surface area contributed by atoms with Crippen molar-refractivity contribution in [2.45, 2.75) is 58.5 Å². The molecule has 0 saturated carbocycles. The Morgan fingerprint density at radius 1 is 1.06 bits per heavy atom. The average Bonchev–Trinajstić information content (AvgIpc) is 2.85. The minimum absolute atomic E-state index is 0.0369. The molecular formula is C29H35N3O3. The van der Waals surface area contributed by atoms with Gasteiger partial charge in [-0.2, -0.15) is 0 Å². The number of hydrogen-bond acceptors (Lipinski definition) is 4. The van der Waals surface area contributed by atoms with Gasteiger partial charge in [0.25, 0.3) is 0 Å². The van der Waals surface area contributed by atoms with Crippen LogP contribution in [0.3, 0.4) is 0 Å². The lowest BCUT2D eigenvalue weighted by Crippen LogP contribution is -2.63. The number of carbonyl (C=O) groups excluding carboxylic acids is 2. The first-order valence-electron chi connectivity index (χ1n) is 12.6. The third-order valence-corrected chi connectivity index (χ3v) is 7.22. The molecule has 0 atom stereocenters. The van der Waals surface area contributed by atoms with Gasteiger partial charge in [-0.15, -0.1) is 0 Å². The van der Waals surface area contributed by atoms with Crippen LogP contribution in [-0.4, -0.2) is 34.8 Å². The number of amides is 2. The number of benzene rings is 2. The average molecular weight is 474 g/mol. The zero-order valence-corrected chi connectivity index (χ0v) is 20.9. The Hall–Kier alpha value is -3.41. The summed E-state index contributed by atoms with van der Waals surface area (Å²) in [4.78, 5) is 31.2. The lowest BCUT2D eigenvalue weighted by Gasteiger charge is -2.51. The lowest BCUT2D eigenvalue weighted by atomic mass is 9.70. The molecule has 6 heteroatoms. The molecule has 0 aliphatic carbocycles. The Bertz CT molecular complexity index is 1200. The highest BCUT2D eigenvalue weighted by atomic mass is 16.5. The second-order valence-corrected chi connectivity index (χ2v) is 9.59. The fraction of sp³-hybridized carbons (Fsp3) is 0.414. The number of primary amides is 1. The molecule has 35 heavy (non-hydrogen) atoms. The Labute approximate surface area is 207 Å². The Kier molecular flexibility index (Phi) is 7.39. The van der Waals surface area contributed by atoms with Gasteiger partial charge in [0.2, 0.25) is 11.8 Å². The van der Waals surface area contributed by atoms with Crippen molar-refractivity contribution in [3.63, 3.8) is 0 Å². The molecule has 0 unspecified atom stereocenters. The largest absolute Gasteiger partial charge is 0.489 e. The number of carbonyl (C=O) groups is 2. The molecule has 4 rings (SSSR count). The van der Waals surface area contributed by atoms with Crippen LogP contribution in [0.15, 0.2) is 54.6 Å².